The van der Waals surface area contributed by atoms with Gasteiger partial charge in [-0.25, -0.2) is 4.79 Å². The lowest BCUT2D eigenvalue weighted by molar-refractivity contribution is 0.0697. The number of carboxylic acid groups (broad SMARTS) is 1. The number of carboxylic acids is 1. The smallest absolute Gasteiger partial charge is 0.335 e. The maximum atomic E-state index is 13.0. The Morgan fingerprint density at radius 2 is 2.12 bits per heavy atom. The maximum absolute atomic E-state index is 13.0. The quantitative estimate of drug-likeness (QED) is 0.750. The van der Waals surface area contributed by atoms with Gasteiger partial charge in [0, 0.05) is 29.3 Å². The Morgan fingerprint density at radius 1 is 1.27 bits per heavy atom. The average Bonchev–Trinajstić information content (AvgIpc) is 3.45. The predicted molar refractivity (Wildman–Crippen MR) is 97.8 cm³/mol. The standard InChI is InChI=1S/C21H19NO4/c1-2-5-13-19(23)16-10-12(21(24)25)7-8-18(16)26-20(13)15-11-14(15)17-6-3-4-9-22-17/h3-4,6-10,14-15H,2,5,11H2,1H3,(H,24,25)/t14-,15-/m1/s1. The fraction of sp³-hybridized carbons (Fsp3) is 0.286. The van der Waals surface area contributed by atoms with Crippen LogP contribution >= 0.6 is 0 Å². The topological polar surface area (TPSA) is 80.4 Å². The Bertz CT molecular complexity index is 1040. The van der Waals surface area contributed by atoms with E-state index >= 15 is 0 Å². The second kappa shape index (κ2) is 6.41. The van der Waals surface area contributed by atoms with E-state index in [9.17, 15) is 14.7 Å². The van der Waals surface area contributed by atoms with E-state index in [0.717, 1.165) is 24.3 Å². The summed E-state index contributed by atoms with van der Waals surface area (Å²) >= 11 is 0. The number of carbonyl (C=O) groups is 1. The van der Waals surface area contributed by atoms with Gasteiger partial charge in [0.15, 0.2) is 5.43 Å². The summed E-state index contributed by atoms with van der Waals surface area (Å²) in [7, 11) is 0. The molecule has 1 aliphatic carbocycles. The minimum absolute atomic E-state index is 0.0952. The van der Waals surface area contributed by atoms with Gasteiger partial charge in [-0.1, -0.05) is 19.4 Å². The van der Waals surface area contributed by atoms with E-state index in [2.05, 4.69) is 4.98 Å². The molecule has 3 aromatic rings. The number of pyridine rings is 1. The number of hydrogen-bond donors (Lipinski definition) is 1. The fourth-order valence-corrected chi connectivity index (χ4v) is 3.58. The minimum atomic E-state index is -1.05. The second-order valence-corrected chi connectivity index (χ2v) is 6.74. The van der Waals surface area contributed by atoms with Gasteiger partial charge in [0.25, 0.3) is 0 Å². The zero-order valence-corrected chi connectivity index (χ0v) is 14.4. The van der Waals surface area contributed by atoms with Crippen LogP contribution in [0.15, 0.2) is 51.8 Å². The minimum Gasteiger partial charge on any atom is -0.478 e. The van der Waals surface area contributed by atoms with Crippen molar-refractivity contribution in [2.75, 3.05) is 0 Å². The Morgan fingerprint density at radius 3 is 2.81 bits per heavy atom. The molecule has 0 radical (unpaired) electrons. The number of hydrogen-bond acceptors (Lipinski definition) is 4. The van der Waals surface area contributed by atoms with E-state index in [0.29, 0.717) is 23.0 Å². The first-order valence-corrected chi connectivity index (χ1v) is 8.84. The molecule has 1 saturated carbocycles. The van der Waals surface area contributed by atoms with Crippen molar-refractivity contribution in [3.63, 3.8) is 0 Å². The summed E-state index contributed by atoms with van der Waals surface area (Å²) in [6.07, 6.45) is 4.14. The molecule has 4 rings (SSSR count). The molecule has 5 nitrogen and oxygen atoms in total. The Labute approximate surface area is 150 Å². The molecule has 0 unspecified atom stereocenters. The second-order valence-electron chi connectivity index (χ2n) is 6.74. The highest BCUT2D eigenvalue weighted by Crippen LogP contribution is 2.54. The molecule has 1 fully saturated rings. The molecule has 2 aromatic heterocycles. The van der Waals surface area contributed by atoms with Crippen LogP contribution in [0.5, 0.6) is 0 Å². The summed E-state index contributed by atoms with van der Waals surface area (Å²) in [6, 6.07) is 10.3. The summed E-state index contributed by atoms with van der Waals surface area (Å²) in [5.74, 6) is 0.112. The van der Waals surface area contributed by atoms with E-state index < -0.39 is 5.97 Å². The SMILES string of the molecule is CCCc1c([C@@H]2C[C@H]2c2ccccn2)oc2ccc(C(=O)O)cc2c1=O. The molecule has 1 aromatic carbocycles. The van der Waals surface area contributed by atoms with Crippen LogP contribution in [0.1, 0.15) is 59.0 Å². The number of benzene rings is 1. The van der Waals surface area contributed by atoms with Gasteiger partial charge >= 0.3 is 5.97 Å². The molecule has 5 heteroatoms. The van der Waals surface area contributed by atoms with Crippen LogP contribution in [0, 0.1) is 0 Å². The first kappa shape index (κ1) is 16.5. The van der Waals surface area contributed by atoms with Crippen molar-refractivity contribution in [2.45, 2.75) is 38.0 Å². The molecule has 26 heavy (non-hydrogen) atoms. The van der Waals surface area contributed by atoms with Gasteiger partial charge in [0.05, 0.1) is 10.9 Å². The van der Waals surface area contributed by atoms with Crippen LogP contribution < -0.4 is 5.43 Å². The summed E-state index contributed by atoms with van der Waals surface area (Å²) in [4.78, 5) is 28.7. The van der Waals surface area contributed by atoms with Crippen LogP contribution in [0.25, 0.3) is 11.0 Å². The van der Waals surface area contributed by atoms with Crippen molar-refractivity contribution < 1.29 is 14.3 Å². The van der Waals surface area contributed by atoms with Crippen LogP contribution in [0.2, 0.25) is 0 Å². The number of aromatic carboxylic acids is 1. The van der Waals surface area contributed by atoms with Gasteiger partial charge in [-0.3, -0.25) is 9.78 Å². The lowest BCUT2D eigenvalue weighted by Gasteiger charge is -2.10. The highest BCUT2D eigenvalue weighted by atomic mass is 16.4. The van der Waals surface area contributed by atoms with Crippen molar-refractivity contribution in [3.05, 3.63) is 75.4 Å². The molecule has 1 N–H and O–H groups in total. The molecule has 0 saturated heterocycles. The van der Waals surface area contributed by atoms with Gasteiger partial charge in [-0.15, -0.1) is 0 Å². The zero-order chi connectivity index (χ0) is 18.3. The van der Waals surface area contributed by atoms with E-state index in [1.54, 1.807) is 12.3 Å². The monoisotopic (exact) mass is 349 g/mol. The average molecular weight is 349 g/mol. The molecule has 1 aliphatic rings. The van der Waals surface area contributed by atoms with Crippen molar-refractivity contribution >= 4 is 16.9 Å². The van der Waals surface area contributed by atoms with E-state index in [1.807, 2.05) is 25.1 Å². The van der Waals surface area contributed by atoms with Crippen molar-refractivity contribution in [1.82, 2.24) is 4.98 Å². The first-order chi connectivity index (χ1) is 12.6. The van der Waals surface area contributed by atoms with Gasteiger partial charge in [-0.05, 0) is 43.2 Å². The molecule has 0 aliphatic heterocycles. The third-order valence-electron chi connectivity index (χ3n) is 4.96. The van der Waals surface area contributed by atoms with Crippen LogP contribution in [-0.4, -0.2) is 16.1 Å². The maximum Gasteiger partial charge on any atom is 0.335 e. The van der Waals surface area contributed by atoms with Gasteiger partial charge in [0.1, 0.15) is 11.3 Å². The fourth-order valence-electron chi connectivity index (χ4n) is 3.58. The van der Waals surface area contributed by atoms with Crippen molar-refractivity contribution in [2.24, 2.45) is 0 Å². The molecule has 0 bridgehead atoms. The number of fused-ring (bicyclic) bond motifs is 1. The third-order valence-corrected chi connectivity index (χ3v) is 4.96. The molecule has 2 heterocycles. The predicted octanol–water partition coefficient (Wildman–Crippen LogP) is 4.11. The summed E-state index contributed by atoms with van der Waals surface area (Å²) in [5, 5.41) is 9.52. The van der Waals surface area contributed by atoms with Gasteiger partial charge < -0.3 is 9.52 Å². The molecule has 132 valence electrons. The summed E-state index contributed by atoms with van der Waals surface area (Å²) in [6.45, 7) is 2.02. The van der Waals surface area contributed by atoms with E-state index in [-0.39, 0.29) is 22.8 Å². The normalized spacial score (nSPS) is 18.8. The lowest BCUT2D eigenvalue weighted by Crippen LogP contribution is -2.13. The van der Waals surface area contributed by atoms with Crippen LogP contribution in [0.4, 0.5) is 0 Å². The van der Waals surface area contributed by atoms with Crippen molar-refractivity contribution in [3.8, 4) is 0 Å². The number of rotatable bonds is 5. The van der Waals surface area contributed by atoms with Gasteiger partial charge in [-0.2, -0.15) is 0 Å². The summed E-state index contributed by atoms with van der Waals surface area (Å²) in [5.41, 5.74) is 2.12. The Kier molecular flexibility index (Phi) is 4.07. The molecule has 0 spiro atoms. The van der Waals surface area contributed by atoms with Gasteiger partial charge in [0.2, 0.25) is 0 Å². The highest BCUT2D eigenvalue weighted by molar-refractivity contribution is 5.92. The highest BCUT2D eigenvalue weighted by Gasteiger charge is 2.44. The number of nitrogens with zero attached hydrogens (tertiary/aromatic N) is 1. The molecular weight excluding hydrogens is 330 g/mol. The van der Waals surface area contributed by atoms with Crippen LogP contribution in [-0.2, 0) is 6.42 Å². The zero-order valence-electron chi connectivity index (χ0n) is 14.4. The largest absolute Gasteiger partial charge is 0.478 e. The lowest BCUT2D eigenvalue weighted by atomic mass is 10.0. The summed E-state index contributed by atoms with van der Waals surface area (Å²) < 4.78 is 6.12. The third kappa shape index (κ3) is 2.79. The Balaban J connectivity index is 1.82. The number of aromatic nitrogens is 1. The van der Waals surface area contributed by atoms with Crippen LogP contribution in [0.3, 0.4) is 0 Å². The molecule has 2 atom stereocenters. The van der Waals surface area contributed by atoms with Crippen molar-refractivity contribution in [1.29, 1.82) is 0 Å². The molecular formula is C21H19NO4. The van der Waals surface area contributed by atoms with E-state index in [1.165, 1.54) is 12.1 Å². The Hall–Kier alpha value is -2.95. The first-order valence-electron chi connectivity index (χ1n) is 8.84. The molecule has 0 amide bonds. The van der Waals surface area contributed by atoms with E-state index in [4.69, 9.17) is 4.42 Å².